The van der Waals surface area contributed by atoms with Crippen molar-refractivity contribution in [3.8, 4) is 5.40 Å². The number of nitro benzene ring substituents is 1. The maximum Gasteiger partial charge on any atom is 0.328 e. The summed E-state index contributed by atoms with van der Waals surface area (Å²) in [6.07, 6.45) is 4.03. The lowest BCUT2D eigenvalue weighted by Crippen LogP contribution is -2.19. The van der Waals surface area contributed by atoms with Gasteiger partial charge < -0.3 is 18.9 Å². The first kappa shape index (κ1) is 115. The number of allylic oxidation sites excluding steroid dienone is 1. The number of rotatable bonds is 27. The molecule has 0 saturated carbocycles. The fourth-order valence-corrected chi connectivity index (χ4v) is 7.04. The number of thiocyanates is 1. The van der Waals surface area contributed by atoms with E-state index in [2.05, 4.69) is 185 Å². The zero-order chi connectivity index (χ0) is 80.4. The first-order chi connectivity index (χ1) is 46.4. The number of aliphatic imine (C=N–C) groups is 1. The molecule has 0 aliphatic rings. The van der Waals surface area contributed by atoms with Crippen molar-refractivity contribution in [3.63, 3.8) is 0 Å². The van der Waals surface area contributed by atoms with Gasteiger partial charge in [-0.1, -0.05) is 218 Å². The van der Waals surface area contributed by atoms with Crippen LogP contribution in [0.25, 0.3) is 31.3 Å². The van der Waals surface area contributed by atoms with Crippen molar-refractivity contribution in [1.29, 1.82) is 5.26 Å². The summed E-state index contributed by atoms with van der Waals surface area (Å²) >= 11 is 5.29. The van der Waals surface area contributed by atoms with Gasteiger partial charge >= 0.3 is 24.0 Å². The molecule has 0 aliphatic heterocycles. The van der Waals surface area contributed by atoms with Crippen molar-refractivity contribution in [2.75, 3.05) is 50.9 Å². The smallest absolute Gasteiger partial charge is 0.328 e. The summed E-state index contributed by atoms with van der Waals surface area (Å²) in [5.74, 6) is 4.90. The van der Waals surface area contributed by atoms with E-state index in [1.54, 1.807) is 73.8 Å². The number of hydrogen-bond donors (Lipinski definition) is 0. The van der Waals surface area contributed by atoms with Crippen molar-refractivity contribution in [2.45, 2.75) is 235 Å². The number of methoxy groups -OCH3 is 1. The van der Waals surface area contributed by atoms with E-state index in [-0.39, 0.29) is 58.9 Å². The highest BCUT2D eigenvalue weighted by molar-refractivity contribution is 8.03. The number of thioether (sulfide) groups is 3. The Morgan fingerprint density at radius 3 is 1.39 bits per heavy atom. The van der Waals surface area contributed by atoms with Crippen LogP contribution in [-0.4, -0.2) is 103 Å². The van der Waals surface area contributed by atoms with Gasteiger partial charge in [-0.2, -0.15) is 25.8 Å². The molecule has 0 bridgehead atoms. The largest absolute Gasteiger partial charge is 0.466 e. The fraction of sp³-hybridized carbons (Fsp3) is 0.712. The molecule has 2 aromatic carbocycles. The van der Waals surface area contributed by atoms with Crippen LogP contribution in [0.3, 0.4) is 0 Å². The molecule has 0 aliphatic carbocycles. The summed E-state index contributed by atoms with van der Waals surface area (Å²) < 4.78 is 54.7. The van der Waals surface area contributed by atoms with Gasteiger partial charge in [-0.15, -0.1) is 18.3 Å². The monoisotopic (exact) mass is 1470 g/mol. The molecular formula is C73H133F3N12O9S3. The van der Waals surface area contributed by atoms with Crippen LogP contribution in [0, 0.1) is 80.0 Å². The van der Waals surface area contributed by atoms with E-state index >= 15 is 0 Å². The minimum absolute atomic E-state index is 0.00921. The van der Waals surface area contributed by atoms with Gasteiger partial charge in [-0.3, -0.25) is 29.5 Å². The zero-order valence-electron chi connectivity index (χ0n) is 66.5. The van der Waals surface area contributed by atoms with Gasteiger partial charge in [-0.05, 0) is 141 Å². The highest BCUT2D eigenvalue weighted by atomic mass is 32.2. The standard InChI is InChI=1S/C10H13NO2.C10H14S.C7H12O2.C7H16S.C6H13N.C6H12O2.C6H12.C5H9N3O2.C5H9NS.C4H7F2N3.C4H8FN3.C3H8O/c1-8(2)7-9-5-3-4-6-10(9)11(12)13;1-9(2)8-11-10-6-4-3-5-7-10;1-4-5-9-7(8)6(2)3;1-5-8-7(4)6(2)3;1-5(2)7-6(3)4;1-4-8-6(7)5(2)3;1-4-5-6(2)3;1-4(2)5(9)10-3-7-8-6;1-5(2)3-7-4-6;1-3(2)4(5,6)8-9-7;1-3(2)4(5)7-8-6;1-3-4-2/h3-6,8H,7H2,1-2H3;3-7,9H,8H2,1-2H3;4,6H,1,5H2,2-3H3;6-7H,5H2,1-4H3;5H,1-4H3;5H,4H2,1-3H3;4,6H,1,5H2,2-3H3;4H,3H2,1-2H3;5H,3H2,1-2H3;3H,1-2H3;3-4H,1-2H3;3H2,1-2H3. The van der Waals surface area contributed by atoms with Gasteiger partial charge in [-0.25, -0.2) is 4.39 Å². The molecule has 0 fully saturated rings. The van der Waals surface area contributed by atoms with E-state index in [0.29, 0.717) is 31.1 Å². The molecule has 2 atom stereocenters. The third-order valence-corrected chi connectivity index (χ3v) is 14.2. The molecule has 0 amide bonds. The highest BCUT2D eigenvalue weighted by Crippen LogP contribution is 2.25. The van der Waals surface area contributed by atoms with Crippen LogP contribution in [0.5, 0.6) is 0 Å². The molecule has 0 N–H and O–H groups in total. The number of carbonyl (C=O) groups is 3. The molecule has 27 heteroatoms. The third-order valence-electron chi connectivity index (χ3n) is 10.4. The predicted octanol–water partition coefficient (Wildman–Crippen LogP) is 24.4. The Kier molecular flexibility index (Phi) is 93.7. The number of hydrogen-bond acceptors (Lipinski definition) is 17. The molecule has 21 nitrogen and oxygen atoms in total. The van der Waals surface area contributed by atoms with Gasteiger partial charge in [0.15, 0.2) is 13.0 Å². The minimum atomic E-state index is -3.24. The van der Waals surface area contributed by atoms with Crippen molar-refractivity contribution in [1.82, 2.24) is 0 Å². The molecule has 0 heterocycles. The van der Waals surface area contributed by atoms with Gasteiger partial charge in [0.25, 0.3) is 5.69 Å². The minimum Gasteiger partial charge on any atom is -0.466 e. The second-order valence-electron chi connectivity index (χ2n) is 25.1. The quantitative estimate of drug-likeness (QED) is 0.00654. The lowest BCUT2D eigenvalue weighted by atomic mass is 10.0. The topological polar surface area (TPSA) is 314 Å². The number of nitrogens with zero attached hydrogens (tertiary/aromatic N) is 12. The highest BCUT2D eigenvalue weighted by Gasteiger charge is 2.31. The van der Waals surface area contributed by atoms with Gasteiger partial charge in [0.1, 0.15) is 12.0 Å². The number of nitro groups is 1. The molecule has 2 rings (SSSR count). The molecule has 0 spiro atoms. The van der Waals surface area contributed by atoms with Crippen LogP contribution in [0.15, 0.2) is 105 Å². The Hall–Kier alpha value is -6.38. The second kappa shape index (κ2) is 81.6. The molecule has 2 unspecified atom stereocenters. The Balaban J connectivity index is -0.000000111. The van der Waals surface area contributed by atoms with Crippen LogP contribution < -0.4 is 0 Å². The molecule has 578 valence electrons. The third kappa shape index (κ3) is 103. The zero-order valence-corrected chi connectivity index (χ0v) is 69.0. The Labute approximate surface area is 616 Å². The summed E-state index contributed by atoms with van der Waals surface area (Å²) in [5, 5.41) is 29.7. The molecule has 0 saturated heterocycles. The van der Waals surface area contributed by atoms with Crippen LogP contribution in [0.1, 0.15) is 206 Å². The maximum absolute atomic E-state index is 12.1. The summed E-state index contributed by atoms with van der Waals surface area (Å²) in [6, 6.07) is 14.7. The fourth-order valence-electron chi connectivity index (χ4n) is 4.85. The molecule has 2 aromatic rings. The van der Waals surface area contributed by atoms with E-state index in [9.17, 15) is 37.7 Å². The predicted molar refractivity (Wildman–Crippen MR) is 420 cm³/mol. The van der Waals surface area contributed by atoms with Gasteiger partial charge in [0, 0.05) is 79.4 Å². The Bertz CT molecular complexity index is 2500. The van der Waals surface area contributed by atoms with Crippen LogP contribution >= 0.6 is 35.3 Å². The lowest BCUT2D eigenvalue weighted by Gasteiger charge is -2.12. The van der Waals surface area contributed by atoms with Crippen molar-refractivity contribution < 1.29 is 51.4 Å². The van der Waals surface area contributed by atoms with E-state index in [4.69, 9.17) is 26.6 Å². The summed E-state index contributed by atoms with van der Waals surface area (Å²) in [4.78, 5) is 54.3. The van der Waals surface area contributed by atoms with Gasteiger partial charge in [0.2, 0.25) is 0 Å². The molecule has 100 heavy (non-hydrogen) atoms. The first-order valence-electron chi connectivity index (χ1n) is 33.8. The number of esters is 3. The van der Waals surface area contributed by atoms with E-state index in [1.807, 2.05) is 86.7 Å². The molecule has 0 aromatic heterocycles. The average molecular weight is 1480 g/mol. The number of benzene rings is 2. The number of halogens is 3. The molecular weight excluding hydrogens is 1340 g/mol. The lowest BCUT2D eigenvalue weighted by molar-refractivity contribution is -0.385. The second-order valence-corrected chi connectivity index (χ2v) is 28.6. The maximum atomic E-state index is 12.1. The summed E-state index contributed by atoms with van der Waals surface area (Å²) in [5.41, 5.74) is 25.3. The Morgan fingerprint density at radius 2 is 1.14 bits per heavy atom. The van der Waals surface area contributed by atoms with Gasteiger partial charge in [0.05, 0.1) is 29.3 Å². The number of nitriles is 1. The summed E-state index contributed by atoms with van der Waals surface area (Å²) in [7, 11) is 1.68. The Morgan fingerprint density at radius 1 is 0.670 bits per heavy atom. The van der Waals surface area contributed by atoms with Crippen molar-refractivity contribution in [3.05, 3.63) is 127 Å². The SMILES string of the molecule is C=CCC(C)C.C=CCOC(=O)C(C)C.CC(C)=NC(C)C.CC(C)C(=O)OCN=[N+]=[N-].CC(C)C(F)(F)N=[N+]=[N-].CC(C)C(F)N=[N+]=[N-].CC(C)CSC#N.CC(C)CSc1ccccc1.CC(C)Cc1ccccc1[N+](=O)[O-].CCOC.CCOC(=O)C(C)C.CCSC(C)C(C)C. The van der Waals surface area contributed by atoms with E-state index in [0.717, 1.165) is 59.5 Å². The van der Waals surface area contributed by atoms with Crippen molar-refractivity contribution >= 4 is 64.6 Å². The number of ether oxygens (including phenoxy) is 4. The number of azide groups is 3. The number of alkyl halides is 3. The van der Waals surface area contributed by atoms with E-state index in [1.165, 1.54) is 42.0 Å². The van der Waals surface area contributed by atoms with E-state index < -0.39 is 18.3 Å². The normalized spacial score (nSPS) is 10.3. The average Bonchev–Trinajstić information content (AvgIpc) is 0.875. The van der Waals surface area contributed by atoms with Crippen molar-refractivity contribution in [2.24, 2.45) is 79.5 Å². The molecule has 0 radical (unpaired) electrons. The summed E-state index contributed by atoms with van der Waals surface area (Å²) in [6.45, 7) is 63.1. The first-order valence-corrected chi connectivity index (χ1v) is 36.8. The van der Waals surface area contributed by atoms with Crippen LogP contribution in [0.4, 0.5) is 18.9 Å². The van der Waals surface area contributed by atoms with Crippen LogP contribution in [0.2, 0.25) is 0 Å². The number of carbonyl (C=O) groups excluding carboxylic acids is 3. The number of para-hydroxylation sites is 1. The van der Waals surface area contributed by atoms with Crippen LogP contribution in [-0.2, 0) is 39.8 Å².